The van der Waals surface area contributed by atoms with Gasteiger partial charge in [0, 0.05) is 36.4 Å². The second kappa shape index (κ2) is 9.23. The molecule has 2 N–H and O–H groups in total. The van der Waals surface area contributed by atoms with Gasteiger partial charge in [-0.2, -0.15) is 0 Å². The molecule has 0 unspecified atom stereocenters. The first-order chi connectivity index (χ1) is 14.3. The average molecular weight is 428 g/mol. The summed E-state index contributed by atoms with van der Waals surface area (Å²) in [5, 5.41) is 2.82. The van der Waals surface area contributed by atoms with E-state index in [-0.39, 0.29) is 24.1 Å². The number of anilines is 2. The molecule has 0 bridgehead atoms. The van der Waals surface area contributed by atoms with E-state index in [1.807, 2.05) is 19.1 Å². The molecule has 1 aliphatic heterocycles. The predicted molar refractivity (Wildman–Crippen MR) is 118 cm³/mol. The van der Waals surface area contributed by atoms with Crippen molar-refractivity contribution < 1.29 is 18.0 Å². The lowest BCUT2D eigenvalue weighted by Gasteiger charge is -2.16. The highest BCUT2D eigenvalue weighted by Gasteiger charge is 2.24. The fourth-order valence-electron chi connectivity index (χ4n) is 3.34. The summed E-state index contributed by atoms with van der Waals surface area (Å²) in [5.74, 6) is -0.328. The van der Waals surface area contributed by atoms with Gasteiger partial charge in [-0.1, -0.05) is 25.1 Å². The number of carbonyl (C=O) groups excluding carboxylic acids is 2. The Morgan fingerprint density at radius 3 is 2.57 bits per heavy atom. The van der Waals surface area contributed by atoms with Gasteiger partial charge in [-0.15, -0.1) is 6.58 Å². The van der Waals surface area contributed by atoms with Crippen LogP contribution in [0.5, 0.6) is 0 Å². The molecule has 0 radical (unpaired) electrons. The van der Waals surface area contributed by atoms with E-state index in [1.54, 1.807) is 35.2 Å². The van der Waals surface area contributed by atoms with Crippen molar-refractivity contribution in [3.05, 3.63) is 71.8 Å². The highest BCUT2D eigenvalue weighted by atomic mass is 32.2. The molecule has 1 aliphatic rings. The minimum absolute atomic E-state index is 0.0766. The van der Waals surface area contributed by atoms with Crippen LogP contribution in [-0.2, 0) is 27.0 Å². The summed E-state index contributed by atoms with van der Waals surface area (Å²) in [6.07, 6.45) is 2.66. The summed E-state index contributed by atoms with van der Waals surface area (Å²) < 4.78 is 26.3. The third kappa shape index (κ3) is 5.14. The Balaban J connectivity index is 1.65. The topological polar surface area (TPSA) is 95.6 Å². The third-order valence-electron chi connectivity index (χ3n) is 4.86. The second-order valence-electron chi connectivity index (χ2n) is 7.04. The van der Waals surface area contributed by atoms with Crippen LogP contribution in [0.15, 0.2) is 55.1 Å². The molecular weight excluding hydrogens is 402 g/mol. The summed E-state index contributed by atoms with van der Waals surface area (Å²) >= 11 is 0. The van der Waals surface area contributed by atoms with Crippen LogP contribution in [0.3, 0.4) is 0 Å². The van der Waals surface area contributed by atoms with Crippen LogP contribution in [0.1, 0.15) is 34.8 Å². The number of hydrogen-bond donors (Lipinski definition) is 2. The minimum atomic E-state index is -3.43. The summed E-state index contributed by atoms with van der Waals surface area (Å²) in [4.78, 5) is 26.4. The van der Waals surface area contributed by atoms with Crippen LogP contribution in [0, 0.1) is 0 Å². The van der Waals surface area contributed by atoms with Crippen LogP contribution in [0.4, 0.5) is 11.4 Å². The lowest BCUT2D eigenvalue weighted by molar-refractivity contribution is -0.118. The third-order valence-corrected chi connectivity index (χ3v) is 6.18. The summed E-state index contributed by atoms with van der Waals surface area (Å²) in [6.45, 7) is 6.14. The molecule has 158 valence electrons. The van der Waals surface area contributed by atoms with Gasteiger partial charge < -0.3 is 10.2 Å². The van der Waals surface area contributed by atoms with Gasteiger partial charge in [0.15, 0.2) is 0 Å². The fourth-order valence-corrected chi connectivity index (χ4v) is 4.44. The molecule has 8 heteroatoms. The number of sulfonamides is 1. The highest BCUT2D eigenvalue weighted by molar-refractivity contribution is 7.88. The summed E-state index contributed by atoms with van der Waals surface area (Å²) in [5.41, 5.74) is 3.55. The number of amides is 2. The van der Waals surface area contributed by atoms with E-state index in [1.165, 1.54) is 6.08 Å². The largest absolute Gasteiger partial charge is 0.322 e. The lowest BCUT2D eigenvalue weighted by Crippen LogP contribution is -2.27. The first-order valence-electron chi connectivity index (χ1n) is 9.75. The molecule has 0 spiro atoms. The van der Waals surface area contributed by atoms with Crippen molar-refractivity contribution in [2.24, 2.45) is 0 Å². The van der Waals surface area contributed by atoms with Gasteiger partial charge >= 0.3 is 0 Å². The second-order valence-corrected chi connectivity index (χ2v) is 8.85. The van der Waals surface area contributed by atoms with E-state index >= 15 is 0 Å². The van der Waals surface area contributed by atoms with Crippen molar-refractivity contribution in [3.8, 4) is 0 Å². The average Bonchev–Trinajstić information content (AvgIpc) is 3.16. The van der Waals surface area contributed by atoms with E-state index in [2.05, 4.69) is 16.6 Å². The van der Waals surface area contributed by atoms with E-state index in [4.69, 9.17) is 0 Å². The van der Waals surface area contributed by atoms with Crippen molar-refractivity contribution >= 4 is 33.2 Å². The molecule has 0 atom stereocenters. The van der Waals surface area contributed by atoms with Gasteiger partial charge in [-0.05, 0) is 47.9 Å². The zero-order chi connectivity index (χ0) is 21.7. The molecule has 0 aromatic heterocycles. The van der Waals surface area contributed by atoms with Gasteiger partial charge in [0.1, 0.15) is 0 Å². The Hall–Kier alpha value is -2.97. The fraction of sp³-hybridized carbons (Fsp3) is 0.273. The number of benzene rings is 2. The molecule has 0 fully saturated rings. The van der Waals surface area contributed by atoms with Gasteiger partial charge in [-0.3, -0.25) is 9.59 Å². The maximum atomic E-state index is 12.6. The summed E-state index contributed by atoms with van der Waals surface area (Å²) in [6, 6.07) is 12.0. The SMILES string of the molecule is C=CCNS(=O)(=O)Cc1ccc(NC(=O)c2ccc3c(c2)CCN3C(=O)CC)cc1. The summed E-state index contributed by atoms with van der Waals surface area (Å²) in [7, 11) is -3.43. The quantitative estimate of drug-likeness (QED) is 0.633. The molecule has 2 aromatic carbocycles. The Bertz CT molecular complexity index is 1060. The number of fused-ring (bicyclic) bond motifs is 1. The van der Waals surface area contributed by atoms with Crippen LogP contribution >= 0.6 is 0 Å². The Morgan fingerprint density at radius 2 is 1.90 bits per heavy atom. The van der Waals surface area contributed by atoms with Crippen LogP contribution in [0.2, 0.25) is 0 Å². The van der Waals surface area contributed by atoms with E-state index in [0.29, 0.717) is 29.8 Å². The number of carbonyl (C=O) groups is 2. The maximum absolute atomic E-state index is 12.6. The van der Waals surface area contributed by atoms with Gasteiger partial charge in [-0.25, -0.2) is 13.1 Å². The van der Waals surface area contributed by atoms with E-state index in [9.17, 15) is 18.0 Å². The first-order valence-corrected chi connectivity index (χ1v) is 11.4. The molecule has 3 rings (SSSR count). The lowest BCUT2D eigenvalue weighted by atomic mass is 10.1. The first kappa shape index (κ1) is 21.7. The van der Waals surface area contributed by atoms with Gasteiger partial charge in [0.05, 0.1) is 5.75 Å². The zero-order valence-electron chi connectivity index (χ0n) is 16.8. The molecule has 30 heavy (non-hydrogen) atoms. The van der Waals surface area contributed by atoms with Crippen molar-refractivity contribution in [2.75, 3.05) is 23.3 Å². The molecule has 2 amide bonds. The Morgan fingerprint density at radius 1 is 1.17 bits per heavy atom. The highest BCUT2D eigenvalue weighted by Crippen LogP contribution is 2.29. The number of nitrogens with one attached hydrogen (secondary N) is 2. The number of hydrogen-bond acceptors (Lipinski definition) is 4. The van der Waals surface area contributed by atoms with Gasteiger partial charge in [0.2, 0.25) is 15.9 Å². The molecule has 0 aliphatic carbocycles. The van der Waals surface area contributed by atoms with E-state index in [0.717, 1.165) is 17.7 Å². The molecular formula is C22H25N3O4S. The Labute approximate surface area is 176 Å². The number of rotatable bonds is 8. The molecule has 7 nitrogen and oxygen atoms in total. The maximum Gasteiger partial charge on any atom is 0.255 e. The molecule has 0 saturated heterocycles. The predicted octanol–water partition coefficient (Wildman–Crippen LogP) is 2.84. The van der Waals surface area contributed by atoms with Crippen LogP contribution in [0.25, 0.3) is 0 Å². The van der Waals surface area contributed by atoms with E-state index < -0.39 is 10.0 Å². The standard InChI is InChI=1S/C22H25N3O4S/c1-3-12-23-30(28,29)15-16-5-8-19(9-6-16)24-22(27)18-7-10-20-17(14-18)11-13-25(20)21(26)4-2/h3,5-10,14,23H,1,4,11-13,15H2,2H3,(H,24,27). The monoisotopic (exact) mass is 427 g/mol. The minimum Gasteiger partial charge on any atom is -0.322 e. The zero-order valence-corrected chi connectivity index (χ0v) is 17.7. The van der Waals surface area contributed by atoms with Crippen LogP contribution < -0.4 is 14.9 Å². The Kier molecular flexibility index (Phi) is 6.69. The van der Waals surface area contributed by atoms with Crippen molar-refractivity contribution in [3.63, 3.8) is 0 Å². The van der Waals surface area contributed by atoms with Gasteiger partial charge in [0.25, 0.3) is 5.91 Å². The van der Waals surface area contributed by atoms with Crippen molar-refractivity contribution in [1.29, 1.82) is 0 Å². The smallest absolute Gasteiger partial charge is 0.255 e. The number of nitrogens with zero attached hydrogens (tertiary/aromatic N) is 1. The molecule has 2 aromatic rings. The van der Waals surface area contributed by atoms with Crippen LogP contribution in [-0.4, -0.2) is 33.3 Å². The molecule has 0 saturated carbocycles. The van der Waals surface area contributed by atoms with Crippen molar-refractivity contribution in [1.82, 2.24) is 4.72 Å². The van der Waals surface area contributed by atoms with Crippen molar-refractivity contribution in [2.45, 2.75) is 25.5 Å². The molecule has 1 heterocycles. The normalized spacial score (nSPS) is 13.0.